The van der Waals surface area contributed by atoms with Crippen molar-refractivity contribution in [2.45, 2.75) is 85.6 Å². The smallest absolute Gasteiger partial charge is 0.00355 e. The molecule has 0 unspecified atom stereocenters. The highest BCUT2D eigenvalue weighted by Crippen LogP contribution is 2.49. The van der Waals surface area contributed by atoms with E-state index in [1.807, 2.05) is 0 Å². The Balaban J connectivity index is 2.07. The van der Waals surface area contributed by atoms with Crippen LogP contribution in [0.5, 0.6) is 0 Å². The summed E-state index contributed by atoms with van der Waals surface area (Å²) in [7, 11) is 2.26. The minimum absolute atomic E-state index is 0.659. The summed E-state index contributed by atoms with van der Waals surface area (Å²) in [5.74, 6) is 1.93. The summed E-state index contributed by atoms with van der Waals surface area (Å²) in [6, 6.07) is 0.690. The predicted molar refractivity (Wildman–Crippen MR) is 86.5 cm³/mol. The van der Waals surface area contributed by atoms with Gasteiger partial charge in [0, 0.05) is 6.04 Å². The molecule has 0 bridgehead atoms. The number of hydrogen-bond acceptors (Lipinski definition) is 1. The Labute approximate surface area is 122 Å². The lowest BCUT2D eigenvalue weighted by Crippen LogP contribution is -2.38. The first kappa shape index (κ1) is 17.0. The molecule has 1 nitrogen and oxygen atoms in total. The van der Waals surface area contributed by atoms with Gasteiger partial charge in [-0.05, 0) is 64.0 Å². The highest BCUT2D eigenvalue weighted by Gasteiger charge is 2.39. The van der Waals surface area contributed by atoms with Crippen molar-refractivity contribution in [3.8, 4) is 0 Å². The molecular weight excluding hydrogens is 230 g/mol. The van der Waals surface area contributed by atoms with E-state index in [9.17, 15) is 0 Å². The summed E-state index contributed by atoms with van der Waals surface area (Å²) in [5.41, 5.74) is 0.659. The fourth-order valence-electron chi connectivity index (χ4n) is 3.43. The fourth-order valence-corrected chi connectivity index (χ4v) is 3.43. The minimum atomic E-state index is 0.659. The van der Waals surface area contributed by atoms with Gasteiger partial charge in [-0.25, -0.2) is 0 Å². The molecule has 1 rings (SSSR count). The maximum atomic E-state index is 2.51. The average Bonchev–Trinajstić information content (AvgIpc) is 2.28. The molecule has 0 saturated heterocycles. The second kappa shape index (κ2) is 7.67. The van der Waals surface area contributed by atoms with Crippen molar-refractivity contribution in [2.24, 2.45) is 17.3 Å². The third-order valence-corrected chi connectivity index (χ3v) is 5.16. The SMILES string of the molecule is CC(C)CCCCC1CC(C)(CCN(C)C(C)C)C1. The van der Waals surface area contributed by atoms with Crippen LogP contribution in [-0.4, -0.2) is 24.5 Å². The first-order valence-corrected chi connectivity index (χ1v) is 8.52. The maximum absolute atomic E-state index is 2.51. The standard InChI is InChI=1S/C18H37N/c1-15(2)9-7-8-10-17-13-18(5,14-17)11-12-19(6)16(3)4/h15-17H,7-14H2,1-6H3. The largest absolute Gasteiger partial charge is 0.304 e. The Hall–Kier alpha value is -0.0400. The third-order valence-electron chi connectivity index (χ3n) is 5.16. The highest BCUT2D eigenvalue weighted by molar-refractivity contribution is 4.90. The number of hydrogen-bond donors (Lipinski definition) is 0. The first-order valence-electron chi connectivity index (χ1n) is 8.52. The van der Waals surface area contributed by atoms with Crippen LogP contribution in [0, 0.1) is 17.3 Å². The normalized spacial score (nSPS) is 27.3. The third kappa shape index (κ3) is 6.29. The molecule has 0 atom stereocenters. The van der Waals surface area contributed by atoms with E-state index in [1.54, 1.807) is 0 Å². The molecule has 1 heteroatoms. The van der Waals surface area contributed by atoms with E-state index in [4.69, 9.17) is 0 Å². The van der Waals surface area contributed by atoms with Gasteiger partial charge in [-0.3, -0.25) is 0 Å². The molecule has 0 aliphatic heterocycles. The summed E-state index contributed by atoms with van der Waals surface area (Å²) in [6.45, 7) is 13.0. The van der Waals surface area contributed by atoms with Gasteiger partial charge in [0.25, 0.3) is 0 Å². The molecule has 1 fully saturated rings. The average molecular weight is 268 g/mol. The van der Waals surface area contributed by atoms with Crippen LogP contribution in [0.4, 0.5) is 0 Å². The summed E-state index contributed by atoms with van der Waals surface area (Å²) < 4.78 is 0. The fraction of sp³-hybridized carbons (Fsp3) is 1.00. The van der Waals surface area contributed by atoms with Gasteiger partial charge in [-0.1, -0.05) is 46.5 Å². The monoisotopic (exact) mass is 267 g/mol. The van der Waals surface area contributed by atoms with Crippen LogP contribution in [0.2, 0.25) is 0 Å². The highest BCUT2D eigenvalue weighted by atomic mass is 15.1. The lowest BCUT2D eigenvalue weighted by atomic mass is 9.60. The van der Waals surface area contributed by atoms with Crippen LogP contribution < -0.4 is 0 Å². The number of nitrogens with zero attached hydrogens (tertiary/aromatic N) is 1. The van der Waals surface area contributed by atoms with Crippen molar-refractivity contribution in [3.63, 3.8) is 0 Å². The van der Waals surface area contributed by atoms with Gasteiger partial charge >= 0.3 is 0 Å². The summed E-state index contributed by atoms with van der Waals surface area (Å²) in [5, 5.41) is 0. The van der Waals surface area contributed by atoms with Crippen LogP contribution in [-0.2, 0) is 0 Å². The Kier molecular flexibility index (Phi) is 6.86. The molecule has 1 aliphatic rings. The van der Waals surface area contributed by atoms with Gasteiger partial charge < -0.3 is 4.90 Å². The van der Waals surface area contributed by atoms with Gasteiger partial charge in [0.2, 0.25) is 0 Å². The zero-order valence-corrected chi connectivity index (χ0v) is 14.3. The second-order valence-electron chi connectivity index (χ2n) is 8.09. The van der Waals surface area contributed by atoms with Gasteiger partial charge in [-0.15, -0.1) is 0 Å². The van der Waals surface area contributed by atoms with E-state index in [2.05, 4.69) is 46.6 Å². The van der Waals surface area contributed by atoms with E-state index in [1.165, 1.54) is 51.5 Å². The van der Waals surface area contributed by atoms with Crippen molar-refractivity contribution < 1.29 is 0 Å². The molecule has 0 amide bonds. The van der Waals surface area contributed by atoms with Crippen LogP contribution in [0.3, 0.4) is 0 Å². The van der Waals surface area contributed by atoms with Crippen LogP contribution in [0.25, 0.3) is 0 Å². The van der Waals surface area contributed by atoms with Gasteiger partial charge in [-0.2, -0.15) is 0 Å². The Morgan fingerprint density at radius 2 is 1.74 bits per heavy atom. The molecule has 0 spiro atoms. The summed E-state index contributed by atoms with van der Waals surface area (Å²) in [6.07, 6.45) is 10.2. The van der Waals surface area contributed by atoms with E-state index >= 15 is 0 Å². The number of rotatable bonds is 9. The maximum Gasteiger partial charge on any atom is 0.00355 e. The Bertz CT molecular complexity index is 238. The molecule has 1 aliphatic carbocycles. The lowest BCUT2D eigenvalue weighted by molar-refractivity contribution is 0.0452. The van der Waals surface area contributed by atoms with E-state index < -0.39 is 0 Å². The van der Waals surface area contributed by atoms with Crippen molar-refractivity contribution in [3.05, 3.63) is 0 Å². The minimum Gasteiger partial charge on any atom is -0.304 e. The summed E-state index contributed by atoms with van der Waals surface area (Å²) in [4.78, 5) is 2.49. The van der Waals surface area contributed by atoms with Crippen molar-refractivity contribution in [1.29, 1.82) is 0 Å². The second-order valence-corrected chi connectivity index (χ2v) is 8.09. The van der Waals surface area contributed by atoms with Gasteiger partial charge in [0.1, 0.15) is 0 Å². The zero-order chi connectivity index (χ0) is 14.5. The molecule has 0 N–H and O–H groups in total. The molecule has 1 saturated carbocycles. The predicted octanol–water partition coefficient (Wildman–Crippen LogP) is 5.35. The molecule has 0 aromatic heterocycles. The van der Waals surface area contributed by atoms with Crippen molar-refractivity contribution >= 4 is 0 Å². The van der Waals surface area contributed by atoms with Gasteiger partial charge in [0.05, 0.1) is 0 Å². The van der Waals surface area contributed by atoms with E-state index in [0.29, 0.717) is 11.5 Å². The van der Waals surface area contributed by atoms with Crippen LogP contribution >= 0.6 is 0 Å². The molecule has 0 radical (unpaired) electrons. The molecule has 0 heterocycles. The van der Waals surface area contributed by atoms with Crippen molar-refractivity contribution in [1.82, 2.24) is 4.90 Å². The molecular formula is C18H37N. The lowest BCUT2D eigenvalue weighted by Gasteiger charge is -2.46. The van der Waals surface area contributed by atoms with Gasteiger partial charge in [0.15, 0.2) is 0 Å². The zero-order valence-electron chi connectivity index (χ0n) is 14.3. The molecule has 0 aromatic carbocycles. The van der Waals surface area contributed by atoms with Crippen molar-refractivity contribution in [2.75, 3.05) is 13.6 Å². The Morgan fingerprint density at radius 3 is 2.26 bits per heavy atom. The van der Waals surface area contributed by atoms with Crippen LogP contribution in [0.15, 0.2) is 0 Å². The molecule has 19 heavy (non-hydrogen) atoms. The Morgan fingerprint density at radius 1 is 1.11 bits per heavy atom. The van der Waals surface area contributed by atoms with E-state index in [0.717, 1.165) is 11.8 Å². The molecule has 114 valence electrons. The molecule has 0 aromatic rings. The van der Waals surface area contributed by atoms with E-state index in [-0.39, 0.29) is 0 Å². The summed E-state index contributed by atoms with van der Waals surface area (Å²) >= 11 is 0. The topological polar surface area (TPSA) is 3.24 Å². The quantitative estimate of drug-likeness (QED) is 0.509. The first-order chi connectivity index (χ1) is 8.82. The number of unbranched alkanes of at least 4 members (excludes halogenated alkanes) is 1. The van der Waals surface area contributed by atoms with Crippen LogP contribution in [0.1, 0.15) is 79.6 Å².